The Kier molecular flexibility index (Phi) is 5.45. The van der Waals surface area contributed by atoms with Gasteiger partial charge in [0.1, 0.15) is 41.4 Å². The van der Waals surface area contributed by atoms with Crippen LogP contribution >= 0.6 is 7.82 Å². The highest BCUT2D eigenvalue weighted by Crippen LogP contribution is 2.50. The zero-order chi connectivity index (χ0) is 21.0. The van der Waals surface area contributed by atoms with Gasteiger partial charge in [-0.1, -0.05) is 0 Å². The summed E-state index contributed by atoms with van der Waals surface area (Å²) in [6, 6.07) is 0. The van der Waals surface area contributed by atoms with Gasteiger partial charge in [0.2, 0.25) is 0 Å². The van der Waals surface area contributed by atoms with Crippen LogP contribution in [0.1, 0.15) is 5.56 Å². The Balaban J connectivity index is 2.60. The van der Waals surface area contributed by atoms with Crippen LogP contribution in [0.4, 0.5) is 4.39 Å². The number of phosphoric ester groups is 1. The Morgan fingerprint density at radius 2 is 1.93 bits per heavy atom. The van der Waals surface area contributed by atoms with Gasteiger partial charge in [0.25, 0.3) is 11.4 Å². The van der Waals surface area contributed by atoms with Gasteiger partial charge in [0.05, 0.1) is 17.6 Å². The van der Waals surface area contributed by atoms with E-state index in [4.69, 9.17) is 38.4 Å². The Bertz CT molecular complexity index is 904. The van der Waals surface area contributed by atoms with E-state index in [1.54, 1.807) is 4.98 Å². The van der Waals surface area contributed by atoms with E-state index >= 15 is 4.39 Å². The third-order valence-corrected chi connectivity index (χ3v) is 4.32. The van der Waals surface area contributed by atoms with Gasteiger partial charge in [-0.05, 0) is 0 Å². The number of phosphoric acid groups is 1. The van der Waals surface area contributed by atoms with Crippen LogP contribution in [0.25, 0.3) is 0 Å². The Labute approximate surface area is 153 Å². The molecule has 1 saturated heterocycles. The average Bonchev–Trinajstić information content (AvgIpc) is 2.68. The minimum Gasteiger partial charge on any atom is -0.391 e. The van der Waals surface area contributed by atoms with Crippen molar-refractivity contribution in [2.45, 2.75) is 35.7 Å². The van der Waals surface area contributed by atoms with E-state index in [0.717, 1.165) is 0 Å². The number of H-pyrrole nitrogens is 1. The third kappa shape index (κ3) is 3.59. The first-order valence-corrected chi connectivity index (χ1v) is 8.46. The number of ether oxygens (including phenoxy) is 1. The molecule has 142 valence electrons. The van der Waals surface area contributed by atoms with Gasteiger partial charge in [0, 0.05) is 6.20 Å². The molecule has 6 N–H and O–H groups in total. The number of halogens is 1. The summed E-state index contributed by atoms with van der Waals surface area (Å²) < 4.78 is 34.8. The van der Waals surface area contributed by atoms with Gasteiger partial charge in [0.15, 0.2) is 0 Å². The van der Waals surface area contributed by atoms with E-state index in [0.29, 0.717) is 6.20 Å². The fourth-order valence-corrected chi connectivity index (χ4v) is 2.95. The van der Waals surface area contributed by atoms with Crippen molar-refractivity contribution in [3.63, 3.8) is 0 Å². The predicted octanol–water partition coefficient (Wildman–Crippen LogP) is -4.67. The molecule has 1 aromatic rings. The van der Waals surface area contributed by atoms with E-state index in [9.17, 15) is 24.4 Å². The summed E-state index contributed by atoms with van der Waals surface area (Å²) in [4.78, 5) is 42.7. The lowest BCUT2D eigenvalue weighted by molar-refractivity contribution is -0.240. The highest BCUT2D eigenvalue weighted by molar-refractivity contribution is 7.46. The maximum Gasteiger partial charge on any atom is 0.468 e. The van der Waals surface area contributed by atoms with Crippen LogP contribution in [0.2, 0.25) is 0 Å². The van der Waals surface area contributed by atoms with Crippen LogP contribution in [-0.2, 0) is 26.1 Å². The third-order valence-electron chi connectivity index (χ3n) is 3.78. The minimum atomic E-state index is -5.52. The zero-order valence-electron chi connectivity index (χ0n) is 13.2. The molecule has 0 spiro atoms. The Morgan fingerprint density at radius 1 is 1.37 bits per heavy atom. The second kappa shape index (κ2) is 6.67. The monoisotopic (exact) mass is 402 g/mol. The fraction of sp³-hybridized carbons (Fsp3) is 0.600. The molecule has 2 heterocycles. The van der Waals surface area contributed by atoms with Crippen molar-refractivity contribution >= 4 is 31.4 Å². The van der Waals surface area contributed by atoms with Gasteiger partial charge < -0.3 is 29.8 Å². The number of rotatable bonds is 5. The molecule has 0 amide bonds. The van der Waals surface area contributed by atoms with Crippen molar-refractivity contribution < 1.29 is 43.3 Å². The quantitative estimate of drug-likeness (QED) is 0.206. The number of aliphatic hydroxyl groups excluding tert-OH is 3. The van der Waals surface area contributed by atoms with Crippen molar-refractivity contribution in [2.75, 3.05) is 0 Å². The molecule has 17 heteroatoms. The molecule has 1 aromatic heterocycles. The maximum atomic E-state index is 15.2. The smallest absolute Gasteiger partial charge is 0.391 e. The molecule has 4 atom stereocenters. The molecule has 0 aromatic carbocycles. The van der Waals surface area contributed by atoms with Crippen LogP contribution in [-0.4, -0.2) is 81.7 Å². The number of nitrogens with one attached hydrogen (secondary N) is 1. The second-order valence-corrected chi connectivity index (χ2v) is 6.87. The van der Waals surface area contributed by atoms with Crippen molar-refractivity contribution in [3.8, 4) is 0 Å². The molecule has 0 unspecified atom stereocenters. The Morgan fingerprint density at radius 3 is 2.41 bits per heavy atom. The summed E-state index contributed by atoms with van der Waals surface area (Å²) in [5.41, 5.74) is -5.83. The predicted molar refractivity (Wildman–Crippen MR) is 85.3 cm³/mol. The van der Waals surface area contributed by atoms with E-state index in [1.807, 2.05) is 0 Å². The first-order chi connectivity index (χ1) is 12.1. The van der Waals surface area contributed by atoms with Crippen LogP contribution < -0.4 is 11.2 Å². The van der Waals surface area contributed by atoms with E-state index in [-0.39, 0.29) is 4.57 Å². The second-order valence-electron chi connectivity index (χ2n) is 5.71. The minimum absolute atomic E-state index is 0.211. The fourth-order valence-electron chi connectivity index (χ4n) is 2.43. The number of nitrogens with zero attached hydrogens (tertiary/aromatic N) is 1. The molecule has 2 rings (SSSR count). The Hall–Kier alpha value is -1.25. The summed E-state index contributed by atoms with van der Waals surface area (Å²) in [6.45, 7) is -0.899. The zero-order valence-corrected chi connectivity index (χ0v) is 14.1. The summed E-state index contributed by atoms with van der Waals surface area (Å²) in [7, 11) is 10.5. The van der Waals surface area contributed by atoms with Gasteiger partial charge in [-0.15, -0.1) is 0 Å². The topological polar surface area (TPSA) is 192 Å². The largest absolute Gasteiger partial charge is 0.468 e. The van der Waals surface area contributed by atoms with Gasteiger partial charge in [-0.2, -0.15) is 0 Å². The van der Waals surface area contributed by atoms with Crippen molar-refractivity contribution in [1.29, 1.82) is 0 Å². The molecule has 0 bridgehead atoms. The SMILES string of the molecule is [B]C([B])(OP(=O)(O)O)[C@@]1(F)O[C@@]([B])(n2cc(CO)c(=O)[nH]c2=O)[C@H](O)[C@@H]1O. The first-order valence-electron chi connectivity index (χ1n) is 6.93. The summed E-state index contributed by atoms with van der Waals surface area (Å²) in [5, 5.41) is 25.6. The molecule has 0 aliphatic carbocycles. The maximum absolute atomic E-state index is 15.2. The van der Waals surface area contributed by atoms with E-state index < -0.39 is 60.3 Å². The molecule has 0 saturated carbocycles. The molecule has 6 radical (unpaired) electrons. The van der Waals surface area contributed by atoms with Crippen molar-refractivity contribution in [2.24, 2.45) is 0 Å². The van der Waals surface area contributed by atoms with E-state index in [1.165, 1.54) is 0 Å². The van der Waals surface area contributed by atoms with Crippen molar-refractivity contribution in [3.05, 3.63) is 32.6 Å². The number of aliphatic hydroxyl groups is 3. The van der Waals surface area contributed by atoms with E-state index in [2.05, 4.69) is 9.26 Å². The molecule has 12 nitrogen and oxygen atoms in total. The standard InChI is InChI=1S/C10H11B3FN2O10P/c11-9(16-1-3(2-17)6(20)15-7(16)21)5(19)4(18)8(14,25-9)10(12,13)26-27(22,23)24/h1,4-5,17-19H,2H2,(H,15,20,21)(H2,22,23,24)/t4-,5+,8-,9-/m0/s1. The average molecular weight is 402 g/mol. The summed E-state index contributed by atoms with van der Waals surface area (Å²) in [6.07, 6.45) is -4.69. The number of aromatic nitrogens is 2. The van der Waals surface area contributed by atoms with Crippen LogP contribution in [0.15, 0.2) is 15.8 Å². The lowest BCUT2D eigenvalue weighted by Gasteiger charge is -2.40. The van der Waals surface area contributed by atoms with Crippen LogP contribution in [0, 0.1) is 0 Å². The van der Waals surface area contributed by atoms with Crippen LogP contribution in [0.3, 0.4) is 0 Å². The summed E-state index contributed by atoms with van der Waals surface area (Å²) >= 11 is 0. The van der Waals surface area contributed by atoms with Gasteiger partial charge in [-0.25, -0.2) is 13.8 Å². The number of hydrogen-bond donors (Lipinski definition) is 6. The van der Waals surface area contributed by atoms with Gasteiger partial charge in [-0.3, -0.25) is 18.9 Å². The first kappa shape index (κ1) is 22.0. The highest BCUT2D eigenvalue weighted by Gasteiger charge is 2.68. The lowest BCUT2D eigenvalue weighted by Crippen LogP contribution is -2.60. The number of hydrogen-bond acceptors (Lipinski definition) is 8. The lowest BCUT2D eigenvalue weighted by atomic mass is 9.59. The van der Waals surface area contributed by atoms with Gasteiger partial charge >= 0.3 is 13.5 Å². The van der Waals surface area contributed by atoms with Crippen LogP contribution in [0.5, 0.6) is 0 Å². The molecule has 1 aliphatic rings. The van der Waals surface area contributed by atoms with Crippen molar-refractivity contribution in [1.82, 2.24) is 9.55 Å². The highest BCUT2D eigenvalue weighted by atomic mass is 31.2. The molecule has 1 aliphatic heterocycles. The number of alkyl halides is 1. The molecular formula is C10H11B3FN2O10P. The molecule has 27 heavy (non-hydrogen) atoms. The summed E-state index contributed by atoms with van der Waals surface area (Å²) in [5.74, 6) is -3.95. The molecule has 1 fully saturated rings. The normalized spacial score (nSPS) is 31.9. The number of aromatic amines is 1. The molecular weight excluding hydrogens is 391 g/mol.